The number of aromatic nitrogens is 2. The summed E-state index contributed by atoms with van der Waals surface area (Å²) in [7, 11) is 0. The summed E-state index contributed by atoms with van der Waals surface area (Å²) in [6, 6.07) is 13.6. The van der Waals surface area contributed by atoms with E-state index in [1.807, 2.05) is 42.5 Å². The van der Waals surface area contributed by atoms with E-state index in [-0.39, 0.29) is 17.6 Å². The van der Waals surface area contributed by atoms with Crippen LogP contribution in [0.4, 0.5) is 17.2 Å². The molecule has 2 aliphatic rings. The van der Waals surface area contributed by atoms with Crippen LogP contribution in [0.1, 0.15) is 49.7 Å². The Labute approximate surface area is 215 Å². The zero-order valence-electron chi connectivity index (χ0n) is 20.8. The van der Waals surface area contributed by atoms with Crippen molar-refractivity contribution in [1.29, 1.82) is 0 Å². The van der Waals surface area contributed by atoms with Crippen molar-refractivity contribution in [2.24, 2.45) is 16.8 Å². The topological polar surface area (TPSA) is 99.2 Å². The van der Waals surface area contributed by atoms with E-state index in [9.17, 15) is 9.59 Å². The van der Waals surface area contributed by atoms with Crippen LogP contribution < -0.4 is 10.6 Å². The molecule has 0 bridgehead atoms. The highest BCUT2D eigenvalue weighted by Crippen LogP contribution is 2.40. The number of carbonyl (C=O) groups excluding carboxylic acids is 2. The Morgan fingerprint density at radius 2 is 2.00 bits per heavy atom. The van der Waals surface area contributed by atoms with Gasteiger partial charge in [-0.25, -0.2) is 4.98 Å². The number of Topliss-reactive ketones (excluding diaryl/α,β-unsaturated/α-hetero) is 1. The van der Waals surface area contributed by atoms with Crippen LogP contribution in [0.5, 0.6) is 0 Å². The third-order valence-corrected chi connectivity index (χ3v) is 7.53. The lowest BCUT2D eigenvalue weighted by Crippen LogP contribution is -2.20. The number of aliphatic imine (C=N–C) groups is 1. The van der Waals surface area contributed by atoms with E-state index in [1.54, 1.807) is 18.0 Å². The summed E-state index contributed by atoms with van der Waals surface area (Å²) in [6.07, 6.45) is 3.54. The summed E-state index contributed by atoms with van der Waals surface area (Å²) in [5.41, 5.74) is 5.73. The molecule has 0 saturated heterocycles. The van der Waals surface area contributed by atoms with Gasteiger partial charge in [-0.2, -0.15) is 0 Å². The fourth-order valence-electron chi connectivity index (χ4n) is 4.49. The number of rotatable bonds is 8. The lowest BCUT2D eigenvalue weighted by molar-refractivity contribution is -0.117. The van der Waals surface area contributed by atoms with Crippen molar-refractivity contribution in [3.05, 3.63) is 59.9 Å². The molecule has 186 valence electrons. The maximum Gasteiger partial charge on any atom is 0.228 e. The lowest BCUT2D eigenvalue weighted by Gasteiger charge is -2.16. The number of carbonyl (C=O) groups is 2. The number of nitrogens with one attached hydrogen (secondary N) is 3. The van der Waals surface area contributed by atoms with Crippen LogP contribution in [0, 0.1) is 11.8 Å². The smallest absolute Gasteiger partial charge is 0.228 e. The normalized spacial score (nSPS) is 19.9. The predicted octanol–water partition coefficient (Wildman–Crippen LogP) is 6.08. The van der Waals surface area contributed by atoms with E-state index >= 15 is 0 Å². The fraction of sp³-hybridized carbons (Fsp3) is 0.357. The maximum atomic E-state index is 13.4. The predicted molar refractivity (Wildman–Crippen MR) is 147 cm³/mol. The number of fused-ring (bicyclic) bond motifs is 1. The zero-order valence-corrected chi connectivity index (χ0v) is 21.6. The Morgan fingerprint density at radius 1 is 1.22 bits per heavy atom. The van der Waals surface area contributed by atoms with E-state index < -0.39 is 0 Å². The van der Waals surface area contributed by atoms with Gasteiger partial charge in [-0.1, -0.05) is 39.0 Å². The number of para-hydroxylation sites is 1. The van der Waals surface area contributed by atoms with E-state index in [1.165, 1.54) is 0 Å². The zero-order chi connectivity index (χ0) is 25.2. The summed E-state index contributed by atoms with van der Waals surface area (Å²) in [6.45, 7) is 6.37. The molecule has 0 aliphatic heterocycles. The number of pyridine rings is 1. The number of amides is 1. The highest BCUT2D eigenvalue weighted by Gasteiger charge is 2.39. The van der Waals surface area contributed by atoms with E-state index in [0.29, 0.717) is 41.3 Å². The molecule has 2 atom stereocenters. The Kier molecular flexibility index (Phi) is 6.96. The lowest BCUT2D eigenvalue weighted by atomic mass is 9.93. The van der Waals surface area contributed by atoms with Crippen LogP contribution in [0.25, 0.3) is 11.3 Å². The Bertz CT molecular complexity index is 1310. The number of H-pyrrole nitrogens is 1. The number of hydrogen-bond acceptors (Lipinski definition) is 6. The average molecular weight is 502 g/mol. The van der Waals surface area contributed by atoms with Gasteiger partial charge in [0.1, 0.15) is 5.82 Å². The quantitative estimate of drug-likeness (QED) is 0.347. The van der Waals surface area contributed by atoms with Gasteiger partial charge in [-0.3, -0.25) is 14.6 Å². The second-order valence-electron chi connectivity index (χ2n) is 9.80. The van der Waals surface area contributed by atoms with Crippen molar-refractivity contribution >= 4 is 46.4 Å². The molecule has 5 rings (SSSR count). The molecule has 3 aromatic rings. The number of aromatic amines is 1. The van der Waals surface area contributed by atoms with Crippen LogP contribution in [-0.4, -0.2) is 38.5 Å². The number of thioether (sulfide) groups is 1. The van der Waals surface area contributed by atoms with E-state index in [0.717, 1.165) is 40.5 Å². The molecule has 1 fully saturated rings. The first kappa shape index (κ1) is 24.3. The molecule has 7 nitrogen and oxygen atoms in total. The number of benzene rings is 1. The molecular weight excluding hydrogens is 470 g/mol. The maximum absolute atomic E-state index is 13.4. The molecule has 0 spiro atoms. The third kappa shape index (κ3) is 5.38. The van der Waals surface area contributed by atoms with Gasteiger partial charge in [0.25, 0.3) is 0 Å². The fourth-order valence-corrected chi connectivity index (χ4v) is 5.05. The van der Waals surface area contributed by atoms with Crippen LogP contribution >= 0.6 is 11.8 Å². The third-order valence-electron chi connectivity index (χ3n) is 6.59. The van der Waals surface area contributed by atoms with Crippen molar-refractivity contribution < 1.29 is 9.59 Å². The first-order valence-electron chi connectivity index (χ1n) is 12.4. The molecule has 8 heteroatoms. The van der Waals surface area contributed by atoms with E-state index in [2.05, 4.69) is 41.4 Å². The minimum atomic E-state index is 0.0101. The van der Waals surface area contributed by atoms with E-state index in [4.69, 9.17) is 4.99 Å². The molecule has 1 aromatic carbocycles. The molecule has 1 amide bonds. The minimum Gasteiger partial charge on any atom is -0.356 e. The van der Waals surface area contributed by atoms with Gasteiger partial charge in [0.15, 0.2) is 5.78 Å². The van der Waals surface area contributed by atoms with Gasteiger partial charge in [0.05, 0.1) is 22.8 Å². The summed E-state index contributed by atoms with van der Waals surface area (Å²) in [5.74, 6) is 1.71. The summed E-state index contributed by atoms with van der Waals surface area (Å²) >= 11 is 1.76. The van der Waals surface area contributed by atoms with Crippen LogP contribution in [0.3, 0.4) is 0 Å². The minimum absolute atomic E-state index is 0.0101. The SMILES string of the molecule is CC(C)SCN=C1CC(=O)c2c([nH]c(-c3ccnc(NC(=O)C4C[C@@H]4C)c3)c2Nc2ccccc2)C1. The van der Waals surface area contributed by atoms with Crippen LogP contribution in [-0.2, 0) is 11.2 Å². The Morgan fingerprint density at radius 3 is 2.72 bits per heavy atom. The summed E-state index contributed by atoms with van der Waals surface area (Å²) in [4.78, 5) is 38.4. The van der Waals surface area contributed by atoms with Gasteiger partial charge < -0.3 is 15.6 Å². The molecule has 1 saturated carbocycles. The summed E-state index contributed by atoms with van der Waals surface area (Å²) in [5, 5.41) is 6.92. The second kappa shape index (κ2) is 10.3. The molecule has 2 heterocycles. The standard InChI is InChI=1S/C28H31N5O2S/c1-16(2)36-15-30-20-13-22-25(23(34)14-20)27(31-19-7-5-4-6-8-19)26(32-22)18-9-10-29-24(12-18)33-28(35)21-11-17(21)3/h4-10,12,16-17,21,31-32H,11,13-15H2,1-3H3,(H,29,33,35)/t17-,21?/m0/s1. The van der Waals surface area contributed by atoms with Crippen molar-refractivity contribution in [2.75, 3.05) is 16.5 Å². The highest BCUT2D eigenvalue weighted by atomic mass is 32.2. The van der Waals surface area contributed by atoms with Crippen molar-refractivity contribution in [1.82, 2.24) is 9.97 Å². The van der Waals surface area contributed by atoms with Crippen LogP contribution in [0.15, 0.2) is 53.7 Å². The molecule has 3 N–H and O–H groups in total. The Balaban J connectivity index is 1.50. The average Bonchev–Trinajstić information content (AvgIpc) is 3.48. The van der Waals surface area contributed by atoms with Crippen molar-refractivity contribution in [3.8, 4) is 11.3 Å². The molecule has 0 radical (unpaired) electrons. The first-order valence-corrected chi connectivity index (χ1v) is 13.4. The van der Waals surface area contributed by atoms with Crippen molar-refractivity contribution in [3.63, 3.8) is 0 Å². The first-order chi connectivity index (χ1) is 17.4. The van der Waals surface area contributed by atoms with Gasteiger partial charge >= 0.3 is 0 Å². The van der Waals surface area contributed by atoms with Crippen molar-refractivity contribution in [2.45, 2.75) is 45.3 Å². The molecular formula is C28H31N5O2S. The molecule has 1 unspecified atom stereocenters. The van der Waals surface area contributed by atoms with Gasteiger partial charge in [0.2, 0.25) is 5.91 Å². The highest BCUT2D eigenvalue weighted by molar-refractivity contribution is 7.99. The summed E-state index contributed by atoms with van der Waals surface area (Å²) < 4.78 is 0. The number of hydrogen-bond donors (Lipinski definition) is 3. The van der Waals surface area contributed by atoms with Gasteiger partial charge in [0, 0.05) is 52.9 Å². The molecule has 36 heavy (non-hydrogen) atoms. The molecule has 2 aromatic heterocycles. The number of ketones is 1. The monoisotopic (exact) mass is 501 g/mol. The van der Waals surface area contributed by atoms with Gasteiger partial charge in [-0.15, -0.1) is 11.8 Å². The number of anilines is 3. The second-order valence-corrected chi connectivity index (χ2v) is 11.3. The largest absolute Gasteiger partial charge is 0.356 e. The van der Waals surface area contributed by atoms with Gasteiger partial charge in [-0.05, 0) is 36.6 Å². The van der Waals surface area contributed by atoms with Crippen LogP contribution in [0.2, 0.25) is 0 Å². The molecule has 2 aliphatic carbocycles. The number of nitrogens with zero attached hydrogens (tertiary/aromatic N) is 2. The Hall–Kier alpha value is -3.39.